The largest absolute Gasteiger partial charge is 0.457 e. The topological polar surface area (TPSA) is 45.2 Å². The van der Waals surface area contributed by atoms with Gasteiger partial charge in [0.1, 0.15) is 11.5 Å². The van der Waals surface area contributed by atoms with Crippen molar-refractivity contribution in [2.45, 2.75) is 110 Å². The predicted octanol–water partition coefficient (Wildman–Crippen LogP) is 8.08. The smallest absolute Gasteiger partial charge is 0.136 e. The molecule has 44 heavy (non-hydrogen) atoms. The van der Waals surface area contributed by atoms with Crippen molar-refractivity contribution in [1.82, 2.24) is 4.90 Å². The molecule has 0 radical (unpaired) electrons. The van der Waals surface area contributed by atoms with E-state index in [2.05, 4.69) is 61.5 Å². The quantitative estimate of drug-likeness (QED) is 0.305. The van der Waals surface area contributed by atoms with E-state index in [9.17, 15) is 5.11 Å². The highest BCUT2D eigenvalue weighted by molar-refractivity contribution is 5.76. The number of anilines is 1. The Bertz CT molecular complexity index is 1240. The number of hydrogen-bond donors (Lipinski definition) is 1. The predicted molar refractivity (Wildman–Crippen MR) is 180 cm³/mol. The molecule has 0 bridgehead atoms. The van der Waals surface area contributed by atoms with E-state index in [4.69, 9.17) is 9.47 Å². The van der Waals surface area contributed by atoms with Crippen LogP contribution in [0.25, 0.3) is 5.57 Å². The maximum atomic E-state index is 10.4. The number of benzene rings is 1. The Labute approximate surface area is 267 Å². The summed E-state index contributed by atoms with van der Waals surface area (Å²) in [7, 11) is 2.20. The van der Waals surface area contributed by atoms with E-state index in [-0.39, 0.29) is 6.10 Å². The first-order valence-corrected chi connectivity index (χ1v) is 18.2. The van der Waals surface area contributed by atoms with Crippen molar-refractivity contribution < 1.29 is 14.6 Å². The number of allylic oxidation sites excluding steroid dienone is 2. The Morgan fingerprint density at radius 1 is 0.932 bits per heavy atom. The second-order valence-electron chi connectivity index (χ2n) is 16.1. The third kappa shape index (κ3) is 5.68. The zero-order valence-electron chi connectivity index (χ0n) is 27.9. The fourth-order valence-corrected chi connectivity index (χ4v) is 11.1. The Balaban J connectivity index is 0.884. The highest BCUT2D eigenvalue weighted by atomic mass is 16.5. The molecule has 0 spiro atoms. The average Bonchev–Trinajstić information content (AvgIpc) is 3.35. The van der Waals surface area contributed by atoms with Gasteiger partial charge in [-0.25, -0.2) is 0 Å². The van der Waals surface area contributed by atoms with Crippen molar-refractivity contribution >= 4 is 11.3 Å². The van der Waals surface area contributed by atoms with Gasteiger partial charge in [0.05, 0.1) is 12.2 Å². The number of likely N-dealkylation sites (N-methyl/N-ethyl adjacent to an activating group) is 1. The number of rotatable bonds is 8. The molecule has 2 heterocycles. The van der Waals surface area contributed by atoms with E-state index in [1.54, 1.807) is 0 Å². The Hall–Kier alpha value is -1.82. The minimum atomic E-state index is -0.0492. The molecule has 5 heteroatoms. The third-order valence-corrected chi connectivity index (χ3v) is 13.7. The molecule has 5 fully saturated rings. The molecule has 0 amide bonds. The van der Waals surface area contributed by atoms with Crippen LogP contribution in [0.2, 0.25) is 0 Å². The molecular weight excluding hydrogens is 544 g/mol. The standard InChI is InChI=1S/C39H58N2O3/c1-27-24-28(32-12-10-30(26-36(32)44-27)41-21-19-40(4)20-22-41)8-6-5-7-23-43-37-14-13-34-33-11-9-29-25-31(42)15-17-38(29,2)35(33)16-18-39(34,37)3/h10,12,24,26,29,31,33-35,37,42H,1,5-9,11,13-23,25H2,2-4H3/t29-,31+,33-,34-,35-,37-,38-,39-/m0/s1. The molecule has 2 aliphatic heterocycles. The van der Waals surface area contributed by atoms with Crippen LogP contribution in [0, 0.1) is 34.5 Å². The van der Waals surface area contributed by atoms with E-state index in [0.717, 1.165) is 93.6 Å². The lowest BCUT2D eigenvalue weighted by molar-refractivity contribution is -0.141. The fourth-order valence-electron chi connectivity index (χ4n) is 11.1. The summed E-state index contributed by atoms with van der Waals surface area (Å²) in [5, 5.41) is 10.4. The van der Waals surface area contributed by atoms with Gasteiger partial charge < -0.3 is 24.4 Å². The van der Waals surface area contributed by atoms with Gasteiger partial charge in [-0.3, -0.25) is 0 Å². The van der Waals surface area contributed by atoms with Crippen LogP contribution < -0.4 is 9.64 Å². The van der Waals surface area contributed by atoms with Gasteiger partial charge in [-0.15, -0.1) is 0 Å². The summed E-state index contributed by atoms with van der Waals surface area (Å²) < 4.78 is 12.9. The van der Waals surface area contributed by atoms with Crippen LogP contribution >= 0.6 is 0 Å². The summed E-state index contributed by atoms with van der Waals surface area (Å²) in [6.07, 6.45) is 18.5. The number of piperazine rings is 1. The second kappa shape index (κ2) is 12.4. The summed E-state index contributed by atoms with van der Waals surface area (Å²) in [4.78, 5) is 4.86. The zero-order valence-corrected chi connectivity index (χ0v) is 27.9. The molecule has 1 aromatic rings. The molecule has 8 atom stereocenters. The second-order valence-corrected chi connectivity index (χ2v) is 16.1. The molecule has 1 aromatic carbocycles. The first-order chi connectivity index (χ1) is 21.2. The molecule has 1 saturated heterocycles. The first kappa shape index (κ1) is 30.8. The number of aliphatic hydroxyl groups is 1. The Morgan fingerprint density at radius 2 is 1.73 bits per heavy atom. The summed E-state index contributed by atoms with van der Waals surface area (Å²) in [6, 6.07) is 6.76. The van der Waals surface area contributed by atoms with Crippen LogP contribution in [0.3, 0.4) is 0 Å². The molecule has 5 nitrogen and oxygen atoms in total. The zero-order chi connectivity index (χ0) is 30.5. The monoisotopic (exact) mass is 602 g/mol. The summed E-state index contributed by atoms with van der Waals surface area (Å²) >= 11 is 0. The van der Waals surface area contributed by atoms with Gasteiger partial charge in [0.15, 0.2) is 0 Å². The van der Waals surface area contributed by atoms with Crippen molar-refractivity contribution in [2.24, 2.45) is 34.5 Å². The molecule has 0 aromatic heterocycles. The Morgan fingerprint density at radius 3 is 2.57 bits per heavy atom. The minimum absolute atomic E-state index is 0.0492. The molecule has 4 aliphatic carbocycles. The molecule has 7 rings (SSSR count). The van der Waals surface area contributed by atoms with E-state index < -0.39 is 0 Å². The van der Waals surface area contributed by atoms with E-state index >= 15 is 0 Å². The van der Waals surface area contributed by atoms with Crippen molar-refractivity contribution in [3.8, 4) is 5.75 Å². The highest BCUT2D eigenvalue weighted by Gasteiger charge is 2.60. The maximum absolute atomic E-state index is 10.4. The lowest BCUT2D eigenvalue weighted by atomic mass is 9.45. The van der Waals surface area contributed by atoms with E-state index in [1.807, 2.05) is 0 Å². The lowest BCUT2D eigenvalue weighted by Gasteiger charge is -2.60. The number of unbranched alkanes of at least 4 members (excludes halogenated alkanes) is 2. The summed E-state index contributed by atoms with van der Waals surface area (Å²) in [6.45, 7) is 14.6. The molecule has 6 aliphatic rings. The van der Waals surface area contributed by atoms with Crippen molar-refractivity contribution in [1.29, 1.82) is 0 Å². The average molecular weight is 603 g/mol. The van der Waals surface area contributed by atoms with E-state index in [0.29, 0.717) is 16.9 Å². The summed E-state index contributed by atoms with van der Waals surface area (Å²) in [5.41, 5.74) is 4.68. The first-order valence-electron chi connectivity index (χ1n) is 18.2. The van der Waals surface area contributed by atoms with Crippen molar-refractivity contribution in [3.63, 3.8) is 0 Å². The van der Waals surface area contributed by atoms with Crippen LogP contribution in [0.4, 0.5) is 5.69 Å². The minimum Gasteiger partial charge on any atom is -0.457 e. The molecular formula is C39H58N2O3. The number of hydrogen-bond acceptors (Lipinski definition) is 5. The Kier molecular flexibility index (Phi) is 8.69. The van der Waals surface area contributed by atoms with Crippen LogP contribution in [0.1, 0.15) is 103 Å². The van der Waals surface area contributed by atoms with Crippen LogP contribution in [-0.2, 0) is 4.74 Å². The number of fused-ring (bicyclic) bond motifs is 6. The number of ether oxygens (including phenoxy) is 2. The van der Waals surface area contributed by atoms with E-state index in [1.165, 1.54) is 74.6 Å². The highest BCUT2D eigenvalue weighted by Crippen LogP contribution is 2.66. The van der Waals surface area contributed by atoms with Gasteiger partial charge >= 0.3 is 0 Å². The van der Waals surface area contributed by atoms with Crippen molar-refractivity contribution in [3.05, 3.63) is 42.2 Å². The maximum Gasteiger partial charge on any atom is 0.136 e. The van der Waals surface area contributed by atoms with Gasteiger partial charge in [0.2, 0.25) is 0 Å². The van der Waals surface area contributed by atoms with Gasteiger partial charge in [-0.1, -0.05) is 26.8 Å². The van der Waals surface area contributed by atoms with Crippen molar-refractivity contribution in [2.75, 3.05) is 44.7 Å². The SMILES string of the molecule is C=C1C=C(CCCCCO[C@H]2CC[C@H]3[C@@H]4CC[C@H]5C[C@H](O)CC[C@]5(C)[C@H]4CC[C@]23C)c2ccc(N3CCN(C)CC3)cc2O1. The number of aliphatic hydroxyl groups excluding tert-OH is 1. The molecule has 242 valence electrons. The third-order valence-electron chi connectivity index (χ3n) is 13.7. The normalized spacial score (nSPS) is 38.7. The van der Waals surface area contributed by atoms with Gasteiger partial charge in [0.25, 0.3) is 0 Å². The van der Waals surface area contributed by atoms with Crippen LogP contribution in [0.15, 0.2) is 36.6 Å². The van der Waals surface area contributed by atoms with Gasteiger partial charge in [-0.2, -0.15) is 0 Å². The molecule has 4 saturated carbocycles. The lowest BCUT2D eigenvalue weighted by Crippen LogP contribution is -2.54. The number of nitrogens with zero attached hydrogens (tertiary/aromatic N) is 2. The summed E-state index contributed by atoms with van der Waals surface area (Å²) in [5.74, 6) is 5.05. The van der Waals surface area contributed by atoms with Crippen LogP contribution in [0.5, 0.6) is 5.75 Å². The fraction of sp³-hybridized carbons (Fsp3) is 0.744. The van der Waals surface area contributed by atoms with Crippen LogP contribution in [-0.4, -0.2) is 62.0 Å². The molecule has 0 unspecified atom stereocenters. The van der Waals surface area contributed by atoms with Gasteiger partial charge in [-0.05, 0) is 142 Å². The van der Waals surface area contributed by atoms with Gasteiger partial charge in [0, 0.05) is 50.1 Å². The molecule has 1 N–H and O–H groups in total.